The second-order valence-electron chi connectivity index (χ2n) is 8.04. The predicted molar refractivity (Wildman–Crippen MR) is 113 cm³/mol. The van der Waals surface area contributed by atoms with Crippen LogP contribution in [0.25, 0.3) is 0 Å². The van der Waals surface area contributed by atoms with Gasteiger partial charge in [0.1, 0.15) is 0 Å². The second-order valence-corrected chi connectivity index (χ2v) is 9.09. The number of halogens is 3. The molecule has 0 atom stereocenters. The zero-order chi connectivity index (χ0) is 21.0. The van der Waals surface area contributed by atoms with Crippen LogP contribution in [0.2, 0.25) is 0 Å². The number of benzene rings is 2. The molecule has 0 radical (unpaired) electrons. The summed E-state index contributed by atoms with van der Waals surface area (Å²) in [6.45, 7) is 1.39. The van der Waals surface area contributed by atoms with Crippen molar-refractivity contribution in [1.29, 1.82) is 0 Å². The summed E-state index contributed by atoms with van der Waals surface area (Å²) in [6, 6.07) is 12.8. The van der Waals surface area contributed by atoms with Crippen LogP contribution in [0.5, 0.6) is 0 Å². The third-order valence-corrected chi connectivity index (χ3v) is 6.94. The molecular weight excluding hydrogens is 409 g/mol. The summed E-state index contributed by atoms with van der Waals surface area (Å²) in [6.07, 6.45) is 1.16. The summed E-state index contributed by atoms with van der Waals surface area (Å²) in [7, 11) is 0. The fourth-order valence-corrected chi connectivity index (χ4v) is 5.12. The van der Waals surface area contributed by atoms with Crippen molar-refractivity contribution in [3.05, 3.63) is 64.7 Å². The molecule has 1 aliphatic carbocycles. The van der Waals surface area contributed by atoms with Crippen molar-refractivity contribution in [2.75, 3.05) is 13.2 Å². The van der Waals surface area contributed by atoms with Gasteiger partial charge >= 0.3 is 6.18 Å². The van der Waals surface area contributed by atoms with Crippen LogP contribution in [0.4, 0.5) is 13.2 Å². The molecular formula is C24H27F3O2S. The quantitative estimate of drug-likeness (QED) is 0.453. The average molecular weight is 437 g/mol. The van der Waals surface area contributed by atoms with Crippen molar-refractivity contribution >= 4 is 11.8 Å². The highest BCUT2D eigenvalue weighted by Crippen LogP contribution is 2.41. The number of rotatable bonds is 5. The second kappa shape index (κ2) is 9.75. The molecule has 0 N–H and O–H groups in total. The molecule has 2 fully saturated rings. The predicted octanol–water partition coefficient (Wildman–Crippen LogP) is 7.48. The topological polar surface area (TPSA) is 18.5 Å². The number of ether oxygens (including phenoxy) is 2. The van der Waals surface area contributed by atoms with Gasteiger partial charge in [-0.15, -0.1) is 11.8 Å². The molecule has 0 unspecified atom stereocenters. The first kappa shape index (κ1) is 21.7. The normalized spacial score (nSPS) is 19.2. The van der Waals surface area contributed by atoms with E-state index in [1.165, 1.54) is 6.07 Å². The van der Waals surface area contributed by atoms with Crippen LogP contribution in [-0.4, -0.2) is 13.2 Å². The van der Waals surface area contributed by atoms with Gasteiger partial charge in [-0.05, 0) is 54.5 Å². The lowest BCUT2D eigenvalue weighted by molar-refractivity contribution is -0.183. The summed E-state index contributed by atoms with van der Waals surface area (Å²) in [5.41, 5.74) is 1.70. The standard InChI is InChI=1S/C24H27F3O2S/c25-24(26,27)22-15-17(7-12-21(22)18-5-2-1-3-6-18)16-30-20-10-8-19(9-11-20)23-28-13-4-14-29-23/h7-12,15,18,23H,1-6,13-14,16H2. The number of thioether (sulfide) groups is 1. The van der Waals surface area contributed by atoms with Crippen LogP contribution in [0.15, 0.2) is 47.4 Å². The molecule has 0 bridgehead atoms. The minimum Gasteiger partial charge on any atom is -0.348 e. The van der Waals surface area contributed by atoms with Crippen LogP contribution in [-0.2, 0) is 21.4 Å². The van der Waals surface area contributed by atoms with Gasteiger partial charge < -0.3 is 9.47 Å². The molecule has 1 saturated heterocycles. The Hall–Kier alpha value is -1.50. The maximum absolute atomic E-state index is 13.7. The highest BCUT2D eigenvalue weighted by Gasteiger charge is 2.35. The molecule has 0 amide bonds. The molecule has 162 valence electrons. The van der Waals surface area contributed by atoms with Crippen LogP contribution < -0.4 is 0 Å². The zero-order valence-electron chi connectivity index (χ0n) is 16.9. The van der Waals surface area contributed by atoms with Crippen LogP contribution in [0.3, 0.4) is 0 Å². The third-order valence-electron chi connectivity index (χ3n) is 5.85. The monoisotopic (exact) mass is 436 g/mol. The molecule has 4 rings (SSSR count). The molecule has 0 aromatic heterocycles. The van der Waals surface area contributed by atoms with Gasteiger partial charge in [0, 0.05) is 16.2 Å². The Balaban J connectivity index is 1.44. The largest absolute Gasteiger partial charge is 0.416 e. The highest BCUT2D eigenvalue weighted by molar-refractivity contribution is 7.98. The smallest absolute Gasteiger partial charge is 0.348 e. The van der Waals surface area contributed by atoms with Crippen molar-refractivity contribution < 1.29 is 22.6 Å². The first-order valence-corrected chi connectivity index (χ1v) is 11.7. The Morgan fingerprint density at radius 3 is 2.23 bits per heavy atom. The van der Waals surface area contributed by atoms with E-state index in [1.54, 1.807) is 17.8 Å². The molecule has 2 aromatic carbocycles. The van der Waals surface area contributed by atoms with Crippen molar-refractivity contribution in [2.45, 2.75) is 67.6 Å². The van der Waals surface area contributed by atoms with Crippen molar-refractivity contribution in [1.82, 2.24) is 0 Å². The van der Waals surface area contributed by atoms with Crippen molar-refractivity contribution in [2.24, 2.45) is 0 Å². The van der Waals surface area contributed by atoms with Gasteiger partial charge in [0.05, 0.1) is 18.8 Å². The number of alkyl halides is 3. The highest BCUT2D eigenvalue weighted by atomic mass is 32.2. The summed E-state index contributed by atoms with van der Waals surface area (Å²) in [5.74, 6) is 0.540. The van der Waals surface area contributed by atoms with Gasteiger partial charge in [-0.25, -0.2) is 0 Å². The fourth-order valence-electron chi connectivity index (χ4n) is 4.28. The summed E-state index contributed by atoms with van der Waals surface area (Å²) in [4.78, 5) is 1.01. The Labute approximate surface area is 180 Å². The maximum Gasteiger partial charge on any atom is 0.416 e. The van der Waals surface area contributed by atoms with Gasteiger partial charge in [0.25, 0.3) is 0 Å². The van der Waals surface area contributed by atoms with Gasteiger partial charge in [-0.1, -0.05) is 43.5 Å². The van der Waals surface area contributed by atoms with Gasteiger partial charge in [-0.3, -0.25) is 0 Å². The summed E-state index contributed by atoms with van der Waals surface area (Å²) >= 11 is 1.54. The van der Waals surface area contributed by atoms with Crippen LogP contribution >= 0.6 is 11.8 Å². The van der Waals surface area contributed by atoms with Gasteiger partial charge in [0.15, 0.2) is 6.29 Å². The van der Waals surface area contributed by atoms with E-state index in [9.17, 15) is 13.2 Å². The maximum atomic E-state index is 13.7. The molecule has 0 spiro atoms. The molecule has 30 heavy (non-hydrogen) atoms. The van der Waals surface area contributed by atoms with E-state index < -0.39 is 11.7 Å². The van der Waals surface area contributed by atoms with E-state index in [4.69, 9.17) is 9.47 Å². The molecule has 2 nitrogen and oxygen atoms in total. The van der Waals surface area contributed by atoms with E-state index in [2.05, 4.69) is 0 Å². The third kappa shape index (κ3) is 5.40. The lowest BCUT2D eigenvalue weighted by atomic mass is 9.81. The van der Waals surface area contributed by atoms with Crippen LogP contribution in [0, 0.1) is 0 Å². The molecule has 1 saturated carbocycles. The fraction of sp³-hybridized carbons (Fsp3) is 0.500. The molecule has 6 heteroatoms. The minimum absolute atomic E-state index is 0.0360. The Kier molecular flexibility index (Phi) is 7.06. The lowest BCUT2D eigenvalue weighted by Gasteiger charge is -2.25. The Morgan fingerprint density at radius 2 is 1.57 bits per heavy atom. The molecule has 1 heterocycles. The van der Waals surface area contributed by atoms with Crippen LogP contribution in [0.1, 0.15) is 73.0 Å². The van der Waals surface area contributed by atoms with E-state index in [1.807, 2.05) is 30.3 Å². The Bertz CT molecular complexity index is 823. The summed E-state index contributed by atoms with van der Waals surface area (Å²) < 4.78 is 52.4. The van der Waals surface area contributed by atoms with E-state index >= 15 is 0 Å². The van der Waals surface area contributed by atoms with Crippen molar-refractivity contribution in [3.8, 4) is 0 Å². The van der Waals surface area contributed by atoms with Gasteiger partial charge in [-0.2, -0.15) is 13.2 Å². The average Bonchev–Trinajstić information content (AvgIpc) is 2.78. The molecule has 2 aliphatic rings. The Morgan fingerprint density at radius 1 is 0.867 bits per heavy atom. The van der Waals surface area contributed by atoms with Gasteiger partial charge in [0.2, 0.25) is 0 Å². The molecule has 2 aromatic rings. The van der Waals surface area contributed by atoms with E-state index in [-0.39, 0.29) is 12.2 Å². The van der Waals surface area contributed by atoms with E-state index in [0.29, 0.717) is 30.1 Å². The first-order chi connectivity index (χ1) is 14.5. The number of hydrogen-bond acceptors (Lipinski definition) is 3. The summed E-state index contributed by atoms with van der Waals surface area (Å²) in [5, 5.41) is 0. The first-order valence-electron chi connectivity index (χ1n) is 10.7. The SMILES string of the molecule is FC(F)(F)c1cc(CSc2ccc(C3OCCCO3)cc2)ccc1C1CCCCC1. The van der Waals surface area contributed by atoms with E-state index in [0.717, 1.165) is 49.0 Å². The molecule has 1 aliphatic heterocycles. The van der Waals surface area contributed by atoms with Crippen molar-refractivity contribution in [3.63, 3.8) is 0 Å². The zero-order valence-corrected chi connectivity index (χ0v) is 17.7. The number of hydrogen-bond donors (Lipinski definition) is 0. The minimum atomic E-state index is -4.31. The lowest BCUT2D eigenvalue weighted by Crippen LogP contribution is -2.17.